The van der Waals surface area contributed by atoms with Gasteiger partial charge in [-0.05, 0) is 66.3 Å². The van der Waals surface area contributed by atoms with E-state index in [4.69, 9.17) is 16.7 Å². The number of aromatic nitrogens is 1. The number of carbonyl (C=O) groups excluding carboxylic acids is 2. The number of anilines is 2. The Balaban J connectivity index is 1.56. The lowest BCUT2D eigenvalue weighted by Gasteiger charge is -2.37. The van der Waals surface area contributed by atoms with Crippen LogP contribution < -0.4 is 10.6 Å². The molecular formula is C31H29ClF2N4O4. The summed E-state index contributed by atoms with van der Waals surface area (Å²) in [5.41, 5.74) is 2.69. The van der Waals surface area contributed by atoms with E-state index in [1.54, 1.807) is 42.3 Å². The first kappa shape index (κ1) is 29.2. The molecule has 1 aromatic heterocycles. The van der Waals surface area contributed by atoms with Crippen LogP contribution in [0.3, 0.4) is 0 Å². The number of hydrogen-bond donors (Lipinski definition) is 3. The highest BCUT2D eigenvalue weighted by molar-refractivity contribution is 6.31. The highest BCUT2D eigenvalue weighted by atomic mass is 35.5. The molecule has 42 heavy (non-hydrogen) atoms. The second-order valence-electron chi connectivity index (χ2n) is 10.7. The zero-order valence-electron chi connectivity index (χ0n) is 23.0. The van der Waals surface area contributed by atoms with Crippen LogP contribution in [0.4, 0.5) is 25.0 Å². The maximum Gasteiger partial charge on any atom is 0.409 e. The van der Waals surface area contributed by atoms with Crippen molar-refractivity contribution in [2.75, 3.05) is 17.2 Å². The summed E-state index contributed by atoms with van der Waals surface area (Å²) >= 11 is 5.92. The van der Waals surface area contributed by atoms with Crippen molar-refractivity contribution >= 4 is 46.5 Å². The quantitative estimate of drug-likeness (QED) is 0.279. The van der Waals surface area contributed by atoms with E-state index in [-0.39, 0.29) is 34.5 Å². The van der Waals surface area contributed by atoms with Gasteiger partial charge in [-0.3, -0.25) is 19.9 Å². The van der Waals surface area contributed by atoms with Gasteiger partial charge in [-0.25, -0.2) is 13.6 Å². The second-order valence-corrected chi connectivity index (χ2v) is 11.1. The van der Waals surface area contributed by atoms with Crippen LogP contribution in [-0.2, 0) is 9.59 Å². The van der Waals surface area contributed by atoms with Gasteiger partial charge in [-0.2, -0.15) is 0 Å². The summed E-state index contributed by atoms with van der Waals surface area (Å²) < 4.78 is 29.6. The van der Waals surface area contributed by atoms with E-state index in [1.165, 1.54) is 6.08 Å². The molecule has 3 N–H and O–H groups in total. The first-order valence-corrected chi connectivity index (χ1v) is 14.0. The molecule has 0 saturated heterocycles. The Morgan fingerprint density at radius 2 is 1.88 bits per heavy atom. The van der Waals surface area contributed by atoms with Crippen molar-refractivity contribution in [1.29, 1.82) is 0 Å². The number of carbonyl (C=O) groups is 3. The van der Waals surface area contributed by atoms with Crippen molar-refractivity contribution in [3.8, 4) is 11.1 Å². The third kappa shape index (κ3) is 5.85. The lowest BCUT2D eigenvalue weighted by Crippen LogP contribution is -2.41. The third-order valence-corrected chi connectivity index (χ3v) is 8.09. The molecule has 1 unspecified atom stereocenters. The molecule has 3 atom stereocenters. The van der Waals surface area contributed by atoms with Crippen LogP contribution in [0.25, 0.3) is 16.7 Å². The molecule has 3 heterocycles. The van der Waals surface area contributed by atoms with Crippen LogP contribution in [0, 0.1) is 23.5 Å². The average molecular weight is 595 g/mol. The molecule has 0 aliphatic carbocycles. The van der Waals surface area contributed by atoms with Crippen molar-refractivity contribution < 1.29 is 28.3 Å². The van der Waals surface area contributed by atoms with E-state index in [2.05, 4.69) is 15.6 Å². The molecular weight excluding hydrogens is 566 g/mol. The lowest BCUT2D eigenvalue weighted by atomic mass is 9.87. The van der Waals surface area contributed by atoms with Crippen molar-refractivity contribution in [2.24, 2.45) is 11.8 Å². The number of rotatable bonds is 3. The summed E-state index contributed by atoms with van der Waals surface area (Å²) in [5.74, 6) is -3.07. The molecule has 2 bridgehead atoms. The summed E-state index contributed by atoms with van der Waals surface area (Å²) in [4.78, 5) is 44.1. The number of carboxylic acid groups (broad SMARTS) is 1. The minimum Gasteiger partial charge on any atom is -0.465 e. The van der Waals surface area contributed by atoms with Gasteiger partial charge in [0, 0.05) is 36.0 Å². The molecule has 218 valence electrons. The number of nitrogens with one attached hydrogen (secondary N) is 2. The van der Waals surface area contributed by atoms with E-state index in [0.29, 0.717) is 47.5 Å². The van der Waals surface area contributed by atoms with E-state index in [0.717, 1.165) is 12.1 Å². The fraction of sp³-hybridized carbons (Fsp3) is 0.290. The topological polar surface area (TPSA) is 112 Å². The van der Waals surface area contributed by atoms with Crippen LogP contribution in [0.2, 0.25) is 5.02 Å². The molecule has 11 heteroatoms. The lowest BCUT2D eigenvalue weighted by molar-refractivity contribution is -0.130. The summed E-state index contributed by atoms with van der Waals surface area (Å²) in [5, 5.41) is 14.2. The minimum absolute atomic E-state index is 0.198. The molecule has 5 rings (SSSR count). The molecule has 2 aliphatic rings. The number of hydrogen-bond acceptors (Lipinski definition) is 4. The molecule has 8 nitrogen and oxygen atoms in total. The van der Waals surface area contributed by atoms with Gasteiger partial charge in [0.2, 0.25) is 11.8 Å². The number of nitrogens with zero attached hydrogens (tertiary/aromatic N) is 2. The Kier molecular flexibility index (Phi) is 8.27. The van der Waals surface area contributed by atoms with Crippen molar-refractivity contribution in [2.45, 2.75) is 39.2 Å². The predicted octanol–water partition coefficient (Wildman–Crippen LogP) is 7.13. The number of halogens is 3. The molecule has 3 amide bonds. The summed E-state index contributed by atoms with van der Waals surface area (Å²) in [7, 11) is 0. The Hall–Kier alpha value is -4.31. The molecule has 0 radical (unpaired) electrons. The fourth-order valence-electron chi connectivity index (χ4n) is 5.60. The van der Waals surface area contributed by atoms with Gasteiger partial charge in [-0.15, -0.1) is 0 Å². The van der Waals surface area contributed by atoms with E-state index < -0.39 is 35.6 Å². The van der Waals surface area contributed by atoms with Crippen molar-refractivity contribution in [3.63, 3.8) is 0 Å². The molecule has 0 saturated carbocycles. The maximum absolute atomic E-state index is 14.9. The predicted molar refractivity (Wildman–Crippen MR) is 156 cm³/mol. The SMILES string of the molecule is CC1CN([C@H]2CCC[C@@H](C)C(=O)Nc3cc(NC(=O)O)ccc3-c3ccnc2c3)C(=O)C=C1c1c(F)ccc(Cl)c1F. The molecule has 0 fully saturated rings. The Morgan fingerprint density at radius 3 is 2.64 bits per heavy atom. The van der Waals surface area contributed by atoms with E-state index >= 15 is 0 Å². The summed E-state index contributed by atoms with van der Waals surface area (Å²) in [6, 6.07) is 10.3. The monoisotopic (exact) mass is 594 g/mol. The zero-order valence-corrected chi connectivity index (χ0v) is 23.7. The second kappa shape index (κ2) is 11.9. The van der Waals surface area contributed by atoms with E-state index in [9.17, 15) is 23.2 Å². The minimum atomic E-state index is -1.23. The summed E-state index contributed by atoms with van der Waals surface area (Å²) in [6.07, 6.45) is 3.32. The van der Waals surface area contributed by atoms with Gasteiger partial charge in [0.05, 0.1) is 28.0 Å². The smallest absolute Gasteiger partial charge is 0.409 e. The number of benzene rings is 2. The van der Waals surface area contributed by atoms with Crippen molar-refractivity contribution in [3.05, 3.63) is 82.7 Å². The molecule has 2 aromatic carbocycles. The van der Waals surface area contributed by atoms with Crippen LogP contribution >= 0.6 is 11.6 Å². The van der Waals surface area contributed by atoms with Gasteiger partial charge in [0.15, 0.2) is 5.82 Å². The normalized spacial score (nSPS) is 20.9. The highest BCUT2D eigenvalue weighted by Crippen LogP contribution is 2.39. The molecule has 2 aliphatic heterocycles. The number of pyridine rings is 1. The fourth-order valence-corrected chi connectivity index (χ4v) is 5.76. The standard InChI is InChI=1S/C31H29ClF2N4O4/c1-16-4-3-5-26(38-15-17(2)21(14-27(38)39)28-23(33)9-8-22(32)29(28)34)25-12-18(10-11-35-25)20-7-6-19(36-31(41)42)13-24(20)37-30(16)40/h6-14,16-17,26,36H,3-5,15H2,1-2H3,(H,37,40)(H,41,42)/t16-,17?,26+/m1/s1. The first-order chi connectivity index (χ1) is 20.0. The van der Waals surface area contributed by atoms with Crippen LogP contribution in [0.1, 0.15) is 50.4 Å². The Labute approximate surface area is 246 Å². The maximum atomic E-state index is 14.9. The largest absolute Gasteiger partial charge is 0.465 e. The van der Waals surface area contributed by atoms with Gasteiger partial charge in [0.25, 0.3) is 0 Å². The zero-order chi connectivity index (χ0) is 30.1. The number of fused-ring (bicyclic) bond motifs is 4. The third-order valence-electron chi connectivity index (χ3n) is 7.80. The Bertz CT molecular complexity index is 1610. The average Bonchev–Trinajstić information content (AvgIpc) is 2.94. The van der Waals surface area contributed by atoms with Gasteiger partial charge < -0.3 is 15.3 Å². The van der Waals surface area contributed by atoms with Gasteiger partial charge in [-0.1, -0.05) is 37.9 Å². The highest BCUT2D eigenvalue weighted by Gasteiger charge is 2.34. The molecule has 0 spiro atoms. The van der Waals surface area contributed by atoms with Gasteiger partial charge in [0.1, 0.15) is 5.82 Å². The van der Waals surface area contributed by atoms with Crippen molar-refractivity contribution in [1.82, 2.24) is 9.88 Å². The van der Waals surface area contributed by atoms with Crippen LogP contribution in [0.5, 0.6) is 0 Å². The first-order valence-electron chi connectivity index (χ1n) is 13.6. The van der Waals surface area contributed by atoms with Crippen LogP contribution in [0.15, 0.2) is 54.7 Å². The number of amides is 3. The van der Waals surface area contributed by atoms with Gasteiger partial charge >= 0.3 is 6.09 Å². The molecule has 3 aromatic rings. The van der Waals surface area contributed by atoms with Crippen LogP contribution in [-0.4, -0.2) is 39.4 Å². The summed E-state index contributed by atoms with van der Waals surface area (Å²) in [6.45, 7) is 3.81. The van der Waals surface area contributed by atoms with E-state index in [1.807, 2.05) is 13.0 Å². The Morgan fingerprint density at radius 1 is 1.10 bits per heavy atom.